The minimum absolute atomic E-state index is 0.0476. The lowest BCUT2D eigenvalue weighted by atomic mass is 9.74. The van der Waals surface area contributed by atoms with E-state index in [-0.39, 0.29) is 50.4 Å². The van der Waals surface area contributed by atoms with Crippen LogP contribution in [0.15, 0.2) is 97.1 Å². The van der Waals surface area contributed by atoms with Gasteiger partial charge in [-0.2, -0.15) is 0 Å². The lowest BCUT2D eigenvalue weighted by Gasteiger charge is -2.36. The van der Waals surface area contributed by atoms with E-state index < -0.39 is 41.7 Å². The number of nitrogens with one attached hydrogen (secondary N) is 1. The summed E-state index contributed by atoms with van der Waals surface area (Å²) in [6.07, 6.45) is 7.35. The molecule has 1 spiro atoms. The number of hydrogen-bond donors (Lipinski definition) is 2. The topological polar surface area (TPSA) is 125 Å². The first-order chi connectivity index (χ1) is 23.4. The summed E-state index contributed by atoms with van der Waals surface area (Å²) in [5.41, 5.74) is -0.00845. The molecule has 48 heavy (non-hydrogen) atoms. The van der Waals surface area contributed by atoms with Crippen molar-refractivity contribution in [3.05, 3.63) is 103 Å². The highest BCUT2D eigenvalue weighted by Gasteiger charge is 2.73. The number of carbonyl (C=O) groups excluding carboxylic acids is 4. The van der Waals surface area contributed by atoms with Gasteiger partial charge < -0.3 is 29.7 Å². The van der Waals surface area contributed by atoms with Gasteiger partial charge in [-0.25, -0.2) is 0 Å². The molecule has 2 N–H and O–H groups in total. The predicted octanol–water partition coefficient (Wildman–Crippen LogP) is 3.85. The van der Waals surface area contributed by atoms with Crippen LogP contribution in [0.25, 0.3) is 10.8 Å². The van der Waals surface area contributed by atoms with Gasteiger partial charge in [0.15, 0.2) is 0 Å². The van der Waals surface area contributed by atoms with Crippen LogP contribution in [0.3, 0.4) is 0 Å². The number of benzene rings is 3. The molecule has 10 nitrogen and oxygen atoms in total. The third kappa shape index (κ3) is 5.69. The molecule has 0 aliphatic carbocycles. The number of amides is 3. The number of rotatable bonds is 6. The summed E-state index contributed by atoms with van der Waals surface area (Å²) in [5.74, 6) is -3.45. The molecule has 7 rings (SSSR count). The normalized spacial score (nSPS) is 29.6. The molecule has 248 valence electrons. The second kappa shape index (κ2) is 13.4. The average Bonchev–Trinajstić information content (AvgIpc) is 3.75. The second-order valence-electron chi connectivity index (χ2n) is 12.8. The van der Waals surface area contributed by atoms with Crippen LogP contribution in [0.5, 0.6) is 0 Å². The van der Waals surface area contributed by atoms with Crippen LogP contribution in [-0.2, 0) is 28.7 Å². The molecule has 10 heteroatoms. The van der Waals surface area contributed by atoms with Crippen molar-refractivity contribution in [3.63, 3.8) is 0 Å². The Kier molecular flexibility index (Phi) is 8.85. The van der Waals surface area contributed by atoms with Crippen LogP contribution >= 0.6 is 0 Å². The van der Waals surface area contributed by atoms with Crippen molar-refractivity contribution in [1.82, 2.24) is 10.2 Å². The van der Waals surface area contributed by atoms with Gasteiger partial charge in [-0.15, -0.1) is 0 Å². The zero-order valence-corrected chi connectivity index (χ0v) is 26.6. The third-order valence-corrected chi connectivity index (χ3v) is 9.90. The van der Waals surface area contributed by atoms with E-state index in [1.807, 2.05) is 84.9 Å². The van der Waals surface area contributed by atoms with E-state index >= 15 is 0 Å². The van der Waals surface area contributed by atoms with E-state index in [9.17, 15) is 24.3 Å². The molecular weight excluding hydrogens is 610 g/mol. The van der Waals surface area contributed by atoms with E-state index in [0.717, 1.165) is 10.8 Å². The van der Waals surface area contributed by atoms with Gasteiger partial charge in [-0.3, -0.25) is 19.2 Å². The van der Waals surface area contributed by atoms with Crippen molar-refractivity contribution in [2.24, 2.45) is 11.8 Å². The van der Waals surface area contributed by atoms with Gasteiger partial charge in [0, 0.05) is 31.8 Å². The Morgan fingerprint density at radius 2 is 1.69 bits per heavy atom. The standard InChI is InChI=1S/C38H39N3O7/c42-22-10-9-21-41-34-36(45)40(28-17-16-25-11-6-7-14-27(25)23-28)20-8-2-5-15-31(43)39-24-30(26-12-3-1-4-13-26)47-37(46)32-29-18-19-38(34,48-29)33(32)35(41)44/h1-4,6-8,11-14,16-19,23,29-30,32-34,42H,5,9-10,15,20-22,24H2,(H,39,43)/b8-2-/t29-,30-,32+,33+,34-,38+/m0/s1. The summed E-state index contributed by atoms with van der Waals surface area (Å²) in [4.78, 5) is 59.5. The maximum Gasteiger partial charge on any atom is 0.313 e. The van der Waals surface area contributed by atoms with E-state index in [4.69, 9.17) is 9.47 Å². The number of carbonyl (C=O) groups is 4. The van der Waals surface area contributed by atoms with Gasteiger partial charge in [0.05, 0.1) is 18.6 Å². The number of aliphatic hydroxyl groups is 1. The SMILES string of the molecule is O=C1CC/C=C\CN(c2ccc3ccccc3c2)C(=O)[C@@H]2N(CCCCO)C(=O)[C@H]3[C@H](C(=O)O[C@H](c4ccccc4)CN1)[C@@H]1C=C[C@]23O1. The fourth-order valence-electron chi connectivity index (χ4n) is 7.59. The Morgan fingerprint density at radius 1 is 0.896 bits per heavy atom. The summed E-state index contributed by atoms with van der Waals surface area (Å²) >= 11 is 0. The first-order valence-corrected chi connectivity index (χ1v) is 16.7. The van der Waals surface area contributed by atoms with Crippen LogP contribution < -0.4 is 10.2 Å². The number of likely N-dealkylation sites (tertiary alicyclic amines) is 1. The predicted molar refractivity (Wildman–Crippen MR) is 179 cm³/mol. The molecular formula is C38H39N3O7. The number of anilines is 1. The first-order valence-electron chi connectivity index (χ1n) is 16.7. The maximum atomic E-state index is 15.0. The molecule has 0 aromatic heterocycles. The number of ether oxygens (including phenoxy) is 2. The molecule has 4 heterocycles. The van der Waals surface area contributed by atoms with Gasteiger partial charge in [-0.1, -0.05) is 85.0 Å². The summed E-state index contributed by atoms with van der Waals surface area (Å²) in [5, 5.41) is 14.4. The van der Waals surface area contributed by atoms with Crippen LogP contribution in [0.1, 0.15) is 37.4 Å². The Morgan fingerprint density at radius 3 is 2.50 bits per heavy atom. The molecule has 2 fully saturated rings. The van der Waals surface area contributed by atoms with Gasteiger partial charge in [0.25, 0.3) is 5.91 Å². The number of esters is 1. The molecule has 0 saturated carbocycles. The van der Waals surface area contributed by atoms with E-state index in [1.165, 1.54) is 0 Å². The van der Waals surface area contributed by atoms with Gasteiger partial charge in [-0.05, 0) is 47.7 Å². The number of hydrogen-bond acceptors (Lipinski definition) is 7. The van der Waals surface area contributed by atoms with Crippen molar-refractivity contribution >= 4 is 40.2 Å². The molecule has 0 radical (unpaired) electrons. The van der Waals surface area contributed by atoms with Crippen molar-refractivity contribution in [3.8, 4) is 0 Å². The number of fused-ring (bicyclic) bond motifs is 3. The number of allylic oxidation sites excluding steroid dienone is 1. The number of nitrogens with zero attached hydrogens (tertiary/aromatic N) is 2. The molecule has 3 aromatic rings. The van der Waals surface area contributed by atoms with Gasteiger partial charge in [0.2, 0.25) is 11.8 Å². The molecule has 3 aromatic carbocycles. The third-order valence-electron chi connectivity index (χ3n) is 9.90. The minimum atomic E-state index is -1.37. The molecule has 3 amide bonds. The number of cyclic esters (lactones) is 1. The lowest BCUT2D eigenvalue weighted by molar-refractivity contribution is -0.159. The minimum Gasteiger partial charge on any atom is -0.455 e. The zero-order valence-electron chi connectivity index (χ0n) is 26.6. The van der Waals surface area contributed by atoms with E-state index in [2.05, 4.69) is 5.32 Å². The average molecular weight is 650 g/mol. The summed E-state index contributed by atoms with van der Waals surface area (Å²) in [6.45, 7) is 0.440. The molecule has 0 unspecified atom stereocenters. The van der Waals surface area contributed by atoms with Crippen molar-refractivity contribution in [1.29, 1.82) is 0 Å². The van der Waals surface area contributed by atoms with Crippen LogP contribution in [-0.4, -0.2) is 77.7 Å². The van der Waals surface area contributed by atoms with E-state index in [0.29, 0.717) is 30.5 Å². The number of unbranched alkanes of at least 4 members (excludes halogenated alkanes) is 1. The lowest BCUT2D eigenvalue weighted by Crippen LogP contribution is -2.56. The van der Waals surface area contributed by atoms with Gasteiger partial charge >= 0.3 is 5.97 Å². The molecule has 5 bridgehead atoms. The highest BCUT2D eigenvalue weighted by Crippen LogP contribution is 2.56. The Bertz CT molecular complexity index is 1770. The highest BCUT2D eigenvalue weighted by atomic mass is 16.6. The van der Waals surface area contributed by atoms with E-state index in [1.54, 1.807) is 22.0 Å². The molecule has 2 saturated heterocycles. The summed E-state index contributed by atoms with van der Waals surface area (Å²) in [6, 6.07) is 21.8. The maximum absolute atomic E-state index is 15.0. The first kappa shape index (κ1) is 31.8. The summed E-state index contributed by atoms with van der Waals surface area (Å²) < 4.78 is 12.7. The molecule has 4 aliphatic rings. The van der Waals surface area contributed by atoms with Gasteiger partial charge in [0.1, 0.15) is 23.7 Å². The highest BCUT2D eigenvalue weighted by molar-refractivity contribution is 6.06. The fraction of sp³-hybridized carbons (Fsp3) is 0.368. The number of aliphatic hydroxyl groups excluding tert-OH is 1. The molecule has 6 atom stereocenters. The fourth-order valence-corrected chi connectivity index (χ4v) is 7.59. The summed E-state index contributed by atoms with van der Waals surface area (Å²) in [7, 11) is 0. The Balaban J connectivity index is 1.31. The van der Waals surface area contributed by atoms with Crippen LogP contribution in [0.2, 0.25) is 0 Å². The quantitative estimate of drug-likeness (QED) is 0.236. The second-order valence-corrected chi connectivity index (χ2v) is 12.8. The van der Waals surface area contributed by atoms with Crippen LogP contribution in [0.4, 0.5) is 5.69 Å². The zero-order chi connectivity index (χ0) is 33.3. The van der Waals surface area contributed by atoms with Crippen molar-refractivity contribution in [2.75, 3.05) is 31.1 Å². The molecule has 4 aliphatic heterocycles. The largest absolute Gasteiger partial charge is 0.455 e. The Labute approximate surface area is 279 Å². The Hall–Kier alpha value is -4.80. The smallest absolute Gasteiger partial charge is 0.313 e. The monoisotopic (exact) mass is 649 g/mol. The van der Waals surface area contributed by atoms with Crippen molar-refractivity contribution < 1.29 is 33.8 Å². The van der Waals surface area contributed by atoms with Crippen LogP contribution in [0, 0.1) is 11.8 Å². The van der Waals surface area contributed by atoms with Crippen molar-refractivity contribution in [2.45, 2.75) is 49.5 Å².